The monoisotopic (exact) mass is 244 g/mol. The molecule has 15 heavy (non-hydrogen) atoms. The summed E-state index contributed by atoms with van der Waals surface area (Å²) < 4.78 is 5.39. The number of aryl methyl sites for hydroxylation is 1. The third-order valence-corrected chi connectivity index (χ3v) is 3.83. The Kier molecular flexibility index (Phi) is 6.34. The smallest absolute Gasteiger partial charge is 0.116 e. The Morgan fingerprint density at radius 3 is 2.87 bits per heavy atom. The summed E-state index contributed by atoms with van der Waals surface area (Å²) in [5, 5.41) is 0. The van der Waals surface area contributed by atoms with Crippen molar-refractivity contribution in [3.8, 4) is 0 Å². The maximum atomic E-state index is 5.39. The zero-order valence-corrected chi connectivity index (χ0v) is 11.2. The molecule has 0 radical (unpaired) electrons. The van der Waals surface area contributed by atoms with E-state index in [1.165, 1.54) is 24.2 Å². The van der Waals surface area contributed by atoms with E-state index in [-0.39, 0.29) is 0 Å². The van der Waals surface area contributed by atoms with Gasteiger partial charge < -0.3 is 4.42 Å². The fourth-order valence-electron chi connectivity index (χ4n) is 1.37. The predicted octanol–water partition coefficient (Wildman–Crippen LogP) is 4.17. The summed E-state index contributed by atoms with van der Waals surface area (Å²) in [4.78, 5) is 0. The minimum Gasteiger partial charge on any atom is -0.468 e. The van der Waals surface area contributed by atoms with Gasteiger partial charge in [0.1, 0.15) is 5.76 Å². The minimum absolute atomic E-state index is 0.799. The van der Waals surface area contributed by atoms with Crippen LogP contribution in [0.4, 0.5) is 0 Å². The van der Waals surface area contributed by atoms with Gasteiger partial charge in [0.15, 0.2) is 0 Å². The fourth-order valence-corrected chi connectivity index (χ4v) is 3.00. The third-order valence-electron chi connectivity index (χ3n) is 2.58. The van der Waals surface area contributed by atoms with Crippen LogP contribution >= 0.6 is 24.4 Å². The van der Waals surface area contributed by atoms with Crippen molar-refractivity contribution in [2.75, 3.05) is 11.5 Å². The molecule has 0 fully saturated rings. The molecule has 1 aromatic rings. The van der Waals surface area contributed by atoms with Crippen LogP contribution in [0.5, 0.6) is 0 Å². The molecule has 0 saturated heterocycles. The van der Waals surface area contributed by atoms with Crippen LogP contribution < -0.4 is 0 Å². The number of thiol groups is 1. The Bertz CT molecular complexity index is 270. The Morgan fingerprint density at radius 1 is 1.47 bits per heavy atom. The van der Waals surface area contributed by atoms with Gasteiger partial charge in [-0.25, -0.2) is 0 Å². The van der Waals surface area contributed by atoms with Gasteiger partial charge in [0, 0.05) is 0 Å². The second kappa shape index (κ2) is 7.29. The maximum Gasteiger partial charge on any atom is 0.116 e. The highest BCUT2D eigenvalue weighted by molar-refractivity contribution is 7.98. The summed E-state index contributed by atoms with van der Waals surface area (Å²) in [6.45, 7) is 4.40. The summed E-state index contributed by atoms with van der Waals surface area (Å²) in [7, 11) is 0. The molecule has 0 amide bonds. The summed E-state index contributed by atoms with van der Waals surface area (Å²) in [6, 6.07) is 2.03. The molecule has 0 spiro atoms. The standard InChI is InChI=1S/C12H20OS2/c1-10(4-7-14)5-8-15-9-12-11(2)3-6-13-12/h3,6,10,14H,4-5,7-9H2,1-2H3. The van der Waals surface area contributed by atoms with E-state index in [1.54, 1.807) is 6.26 Å². The Hall–Kier alpha value is -0.0200. The predicted molar refractivity (Wildman–Crippen MR) is 71.9 cm³/mol. The summed E-state index contributed by atoms with van der Waals surface area (Å²) in [5.74, 6) is 5.15. The average Bonchev–Trinajstić information content (AvgIpc) is 2.60. The van der Waals surface area contributed by atoms with E-state index in [1.807, 2.05) is 17.8 Å². The molecule has 1 unspecified atom stereocenters. The molecule has 0 saturated carbocycles. The molecule has 1 nitrogen and oxygen atoms in total. The van der Waals surface area contributed by atoms with Crippen molar-refractivity contribution in [1.82, 2.24) is 0 Å². The number of rotatable bonds is 7. The van der Waals surface area contributed by atoms with E-state index in [0.717, 1.165) is 23.2 Å². The highest BCUT2D eigenvalue weighted by Gasteiger charge is 2.03. The second-order valence-corrected chi connectivity index (χ2v) is 5.54. The van der Waals surface area contributed by atoms with Crippen molar-refractivity contribution in [2.45, 2.75) is 32.4 Å². The molecule has 0 N–H and O–H groups in total. The Balaban J connectivity index is 2.09. The minimum atomic E-state index is 0.799. The number of furan rings is 1. The van der Waals surface area contributed by atoms with Crippen LogP contribution in [0.1, 0.15) is 31.1 Å². The highest BCUT2D eigenvalue weighted by atomic mass is 32.2. The second-order valence-electron chi connectivity index (χ2n) is 3.99. The van der Waals surface area contributed by atoms with E-state index < -0.39 is 0 Å². The summed E-state index contributed by atoms with van der Waals surface area (Å²) >= 11 is 6.21. The normalized spacial score (nSPS) is 13.0. The van der Waals surface area contributed by atoms with Gasteiger partial charge in [0.25, 0.3) is 0 Å². The molecular formula is C12H20OS2. The van der Waals surface area contributed by atoms with Crippen molar-refractivity contribution in [2.24, 2.45) is 5.92 Å². The van der Waals surface area contributed by atoms with Gasteiger partial charge in [-0.15, -0.1) is 0 Å². The van der Waals surface area contributed by atoms with Crippen LogP contribution in [0, 0.1) is 12.8 Å². The first-order valence-electron chi connectivity index (χ1n) is 5.45. The van der Waals surface area contributed by atoms with E-state index in [4.69, 9.17) is 4.42 Å². The van der Waals surface area contributed by atoms with Crippen molar-refractivity contribution < 1.29 is 4.42 Å². The Morgan fingerprint density at radius 2 is 2.27 bits per heavy atom. The lowest BCUT2D eigenvalue weighted by molar-refractivity contribution is 0.527. The van der Waals surface area contributed by atoms with Crippen LogP contribution in [0.15, 0.2) is 16.7 Å². The topological polar surface area (TPSA) is 13.1 Å². The van der Waals surface area contributed by atoms with Crippen molar-refractivity contribution in [3.05, 3.63) is 23.7 Å². The molecule has 0 aliphatic heterocycles. The quantitative estimate of drug-likeness (QED) is 0.571. The summed E-state index contributed by atoms with van der Waals surface area (Å²) in [6.07, 6.45) is 4.28. The zero-order chi connectivity index (χ0) is 11.1. The zero-order valence-electron chi connectivity index (χ0n) is 9.53. The first-order chi connectivity index (χ1) is 7.24. The van der Waals surface area contributed by atoms with Crippen LogP contribution in [-0.4, -0.2) is 11.5 Å². The molecule has 1 heterocycles. The molecule has 86 valence electrons. The van der Waals surface area contributed by atoms with E-state index in [2.05, 4.69) is 26.5 Å². The van der Waals surface area contributed by atoms with Crippen molar-refractivity contribution in [1.29, 1.82) is 0 Å². The molecule has 1 atom stereocenters. The largest absolute Gasteiger partial charge is 0.468 e. The molecule has 1 aromatic heterocycles. The van der Waals surface area contributed by atoms with Crippen LogP contribution in [0.3, 0.4) is 0 Å². The van der Waals surface area contributed by atoms with Gasteiger partial charge in [0.05, 0.1) is 12.0 Å². The lowest BCUT2D eigenvalue weighted by atomic mass is 10.1. The van der Waals surface area contributed by atoms with Crippen molar-refractivity contribution >= 4 is 24.4 Å². The van der Waals surface area contributed by atoms with Gasteiger partial charge in [-0.2, -0.15) is 24.4 Å². The first kappa shape index (κ1) is 13.0. The van der Waals surface area contributed by atoms with Crippen LogP contribution in [-0.2, 0) is 5.75 Å². The van der Waals surface area contributed by atoms with Gasteiger partial charge in [-0.3, -0.25) is 0 Å². The van der Waals surface area contributed by atoms with Gasteiger partial charge in [-0.1, -0.05) is 6.92 Å². The number of thioether (sulfide) groups is 1. The first-order valence-corrected chi connectivity index (χ1v) is 7.24. The van der Waals surface area contributed by atoms with Gasteiger partial charge in [-0.05, 0) is 48.8 Å². The van der Waals surface area contributed by atoms with E-state index in [9.17, 15) is 0 Å². The molecular weight excluding hydrogens is 224 g/mol. The van der Waals surface area contributed by atoms with E-state index >= 15 is 0 Å². The lowest BCUT2D eigenvalue weighted by Crippen LogP contribution is -1.97. The maximum absolute atomic E-state index is 5.39. The fraction of sp³-hybridized carbons (Fsp3) is 0.667. The average molecular weight is 244 g/mol. The van der Waals surface area contributed by atoms with Crippen LogP contribution in [0.2, 0.25) is 0 Å². The number of hydrogen-bond donors (Lipinski definition) is 1. The Labute approximate surface area is 102 Å². The molecule has 0 aliphatic carbocycles. The van der Waals surface area contributed by atoms with Gasteiger partial charge >= 0.3 is 0 Å². The molecule has 0 aliphatic rings. The highest BCUT2D eigenvalue weighted by Crippen LogP contribution is 2.19. The third kappa shape index (κ3) is 5.03. The number of hydrogen-bond acceptors (Lipinski definition) is 3. The van der Waals surface area contributed by atoms with Crippen molar-refractivity contribution in [3.63, 3.8) is 0 Å². The summed E-state index contributed by atoms with van der Waals surface area (Å²) in [5.41, 5.74) is 1.27. The lowest BCUT2D eigenvalue weighted by Gasteiger charge is -2.08. The molecule has 1 rings (SSSR count). The SMILES string of the molecule is Cc1ccoc1CSCCC(C)CCS. The van der Waals surface area contributed by atoms with Crippen LogP contribution in [0.25, 0.3) is 0 Å². The van der Waals surface area contributed by atoms with Gasteiger partial charge in [0.2, 0.25) is 0 Å². The molecule has 0 bridgehead atoms. The molecule has 3 heteroatoms. The van der Waals surface area contributed by atoms with E-state index in [0.29, 0.717) is 0 Å². The molecule has 0 aromatic carbocycles.